The highest BCUT2D eigenvalue weighted by Crippen LogP contribution is 2.24. The summed E-state index contributed by atoms with van der Waals surface area (Å²) >= 11 is 0. The number of rotatable bonds is 2. The van der Waals surface area contributed by atoms with Crippen LogP contribution in [-0.2, 0) is 4.74 Å². The zero-order chi connectivity index (χ0) is 7.73. The van der Waals surface area contributed by atoms with Gasteiger partial charge in [-0.25, -0.2) is 0 Å². The van der Waals surface area contributed by atoms with E-state index in [-0.39, 0.29) is 0 Å². The lowest BCUT2D eigenvalue weighted by Crippen LogP contribution is -2.60. The molecule has 0 aromatic carbocycles. The molecule has 0 aromatic heterocycles. The Balaban J connectivity index is 1.79. The van der Waals surface area contributed by atoms with Crippen LogP contribution >= 0.6 is 0 Å². The van der Waals surface area contributed by atoms with Gasteiger partial charge in [-0.1, -0.05) is 0 Å². The van der Waals surface area contributed by atoms with Crippen molar-refractivity contribution in [1.82, 2.24) is 5.32 Å². The van der Waals surface area contributed by atoms with Crippen LogP contribution in [0.1, 0.15) is 19.3 Å². The third kappa shape index (κ3) is 1.55. The zero-order valence-electron chi connectivity index (χ0n) is 6.68. The van der Waals surface area contributed by atoms with Crippen molar-refractivity contribution in [3.63, 3.8) is 0 Å². The Morgan fingerprint density at radius 1 is 1.55 bits per heavy atom. The summed E-state index contributed by atoms with van der Waals surface area (Å²) in [5.74, 6) is 0. The molecule has 0 bridgehead atoms. The molecule has 1 atom stereocenters. The van der Waals surface area contributed by atoms with Gasteiger partial charge >= 0.3 is 0 Å². The summed E-state index contributed by atoms with van der Waals surface area (Å²) in [5.41, 5.74) is -0.449. The largest absolute Gasteiger partial charge is 0.387 e. The first kappa shape index (κ1) is 7.53. The average molecular weight is 157 g/mol. The van der Waals surface area contributed by atoms with Gasteiger partial charge in [0.05, 0.1) is 11.7 Å². The van der Waals surface area contributed by atoms with Crippen molar-refractivity contribution in [3.05, 3.63) is 0 Å². The molecule has 2 rings (SSSR count). The molecule has 2 heterocycles. The average Bonchev–Trinajstić information content (AvgIpc) is 2.36. The standard InChI is InChI=1S/C8H15NO2/c10-8(5-9-6-8)4-7-2-1-3-11-7/h7,9-10H,1-6H2. The molecule has 0 amide bonds. The minimum absolute atomic E-state index is 0.321. The minimum atomic E-state index is -0.449. The van der Waals surface area contributed by atoms with E-state index in [9.17, 15) is 5.11 Å². The predicted molar refractivity (Wildman–Crippen MR) is 41.4 cm³/mol. The van der Waals surface area contributed by atoms with Gasteiger partial charge in [0.15, 0.2) is 0 Å². The van der Waals surface area contributed by atoms with Crippen LogP contribution < -0.4 is 5.32 Å². The predicted octanol–water partition coefficient (Wildman–Crippen LogP) is -0.110. The van der Waals surface area contributed by atoms with Crippen LogP contribution in [0, 0.1) is 0 Å². The second kappa shape index (κ2) is 2.73. The molecule has 2 aliphatic rings. The van der Waals surface area contributed by atoms with Crippen LogP contribution in [0.4, 0.5) is 0 Å². The number of hydrogen-bond donors (Lipinski definition) is 2. The molecule has 2 aliphatic heterocycles. The van der Waals surface area contributed by atoms with Crippen LogP contribution in [0.25, 0.3) is 0 Å². The molecule has 3 heteroatoms. The molecule has 0 spiro atoms. The maximum absolute atomic E-state index is 9.73. The molecule has 0 aliphatic carbocycles. The van der Waals surface area contributed by atoms with E-state index in [1.54, 1.807) is 0 Å². The van der Waals surface area contributed by atoms with E-state index < -0.39 is 5.60 Å². The smallest absolute Gasteiger partial charge is 0.0919 e. The van der Waals surface area contributed by atoms with Crippen LogP contribution in [0.3, 0.4) is 0 Å². The van der Waals surface area contributed by atoms with Gasteiger partial charge in [0, 0.05) is 26.1 Å². The Kier molecular flexibility index (Phi) is 1.87. The quantitative estimate of drug-likeness (QED) is 0.587. The minimum Gasteiger partial charge on any atom is -0.387 e. The fraction of sp³-hybridized carbons (Fsp3) is 1.00. The Morgan fingerprint density at radius 3 is 2.82 bits per heavy atom. The molecule has 1 unspecified atom stereocenters. The molecule has 64 valence electrons. The summed E-state index contributed by atoms with van der Waals surface area (Å²) in [6.07, 6.45) is 3.43. The number of hydrogen-bond acceptors (Lipinski definition) is 3. The van der Waals surface area contributed by atoms with E-state index in [4.69, 9.17) is 4.74 Å². The lowest BCUT2D eigenvalue weighted by atomic mass is 9.89. The fourth-order valence-corrected chi connectivity index (χ4v) is 1.79. The number of aliphatic hydroxyl groups is 1. The molecule has 2 N–H and O–H groups in total. The SMILES string of the molecule is OC1(CC2CCCO2)CNC1. The summed E-state index contributed by atoms with van der Waals surface area (Å²) in [6.45, 7) is 2.37. The third-order valence-electron chi connectivity index (χ3n) is 2.54. The Hall–Kier alpha value is -0.120. The first-order chi connectivity index (χ1) is 5.29. The van der Waals surface area contributed by atoms with Crippen molar-refractivity contribution in [2.45, 2.75) is 31.0 Å². The third-order valence-corrected chi connectivity index (χ3v) is 2.54. The van der Waals surface area contributed by atoms with Crippen LogP contribution in [0.15, 0.2) is 0 Å². The van der Waals surface area contributed by atoms with Gasteiger partial charge in [0.1, 0.15) is 0 Å². The Labute approximate surface area is 66.7 Å². The lowest BCUT2D eigenvalue weighted by molar-refractivity contribution is -0.0536. The van der Waals surface area contributed by atoms with Crippen molar-refractivity contribution in [1.29, 1.82) is 0 Å². The summed E-state index contributed by atoms with van der Waals surface area (Å²) in [4.78, 5) is 0. The van der Waals surface area contributed by atoms with Gasteiger partial charge in [-0.3, -0.25) is 0 Å². The molecular formula is C8H15NO2. The summed E-state index contributed by atoms with van der Waals surface area (Å²) in [5, 5.41) is 12.8. The molecule has 11 heavy (non-hydrogen) atoms. The van der Waals surface area contributed by atoms with E-state index in [0.29, 0.717) is 6.10 Å². The van der Waals surface area contributed by atoms with Gasteiger partial charge < -0.3 is 15.2 Å². The molecule has 2 saturated heterocycles. The molecule has 0 saturated carbocycles. The van der Waals surface area contributed by atoms with Crippen molar-refractivity contribution >= 4 is 0 Å². The van der Waals surface area contributed by atoms with Crippen molar-refractivity contribution in [2.75, 3.05) is 19.7 Å². The fourth-order valence-electron chi connectivity index (χ4n) is 1.79. The normalized spacial score (nSPS) is 35.2. The second-order valence-electron chi connectivity index (χ2n) is 3.67. The lowest BCUT2D eigenvalue weighted by Gasteiger charge is -2.39. The van der Waals surface area contributed by atoms with Crippen molar-refractivity contribution < 1.29 is 9.84 Å². The number of nitrogens with one attached hydrogen (secondary N) is 1. The van der Waals surface area contributed by atoms with Gasteiger partial charge in [-0.05, 0) is 12.8 Å². The maximum Gasteiger partial charge on any atom is 0.0919 e. The first-order valence-electron chi connectivity index (χ1n) is 4.33. The van der Waals surface area contributed by atoms with E-state index in [0.717, 1.165) is 39.0 Å². The molecule has 0 radical (unpaired) electrons. The summed E-state index contributed by atoms with van der Waals surface area (Å²) in [6, 6.07) is 0. The zero-order valence-corrected chi connectivity index (χ0v) is 6.68. The highest BCUT2D eigenvalue weighted by Gasteiger charge is 2.37. The second-order valence-corrected chi connectivity index (χ2v) is 3.67. The van der Waals surface area contributed by atoms with Crippen LogP contribution in [0.2, 0.25) is 0 Å². The number of β-amino-alcohol motifs (C(OH)–C–C–N with tert-alkyl or cyclic N) is 1. The monoisotopic (exact) mass is 157 g/mol. The van der Waals surface area contributed by atoms with Crippen LogP contribution in [0.5, 0.6) is 0 Å². The van der Waals surface area contributed by atoms with Gasteiger partial charge in [0.25, 0.3) is 0 Å². The van der Waals surface area contributed by atoms with Crippen molar-refractivity contribution in [3.8, 4) is 0 Å². The molecule has 2 fully saturated rings. The van der Waals surface area contributed by atoms with E-state index in [1.165, 1.54) is 0 Å². The Morgan fingerprint density at radius 2 is 2.36 bits per heavy atom. The topological polar surface area (TPSA) is 41.5 Å². The molecule has 0 aromatic rings. The number of ether oxygens (including phenoxy) is 1. The van der Waals surface area contributed by atoms with Gasteiger partial charge in [-0.2, -0.15) is 0 Å². The van der Waals surface area contributed by atoms with Gasteiger partial charge in [0.2, 0.25) is 0 Å². The summed E-state index contributed by atoms with van der Waals surface area (Å²) in [7, 11) is 0. The van der Waals surface area contributed by atoms with E-state index in [1.807, 2.05) is 0 Å². The maximum atomic E-state index is 9.73. The highest BCUT2D eigenvalue weighted by atomic mass is 16.5. The molecular weight excluding hydrogens is 142 g/mol. The van der Waals surface area contributed by atoms with Crippen molar-refractivity contribution in [2.24, 2.45) is 0 Å². The Bertz CT molecular complexity index is 139. The van der Waals surface area contributed by atoms with E-state index in [2.05, 4.69) is 5.32 Å². The van der Waals surface area contributed by atoms with E-state index >= 15 is 0 Å². The summed E-state index contributed by atoms with van der Waals surface area (Å²) < 4.78 is 5.44. The van der Waals surface area contributed by atoms with Gasteiger partial charge in [-0.15, -0.1) is 0 Å². The molecule has 3 nitrogen and oxygen atoms in total. The van der Waals surface area contributed by atoms with Crippen LogP contribution in [-0.4, -0.2) is 36.5 Å². The first-order valence-corrected chi connectivity index (χ1v) is 4.33. The highest BCUT2D eigenvalue weighted by molar-refractivity contribution is 4.94.